The Morgan fingerprint density at radius 1 is 1.24 bits per heavy atom. The van der Waals surface area contributed by atoms with E-state index in [1.54, 1.807) is 13.8 Å². The van der Waals surface area contributed by atoms with Crippen molar-refractivity contribution in [3.05, 3.63) is 23.4 Å². The molecule has 3 aliphatic rings. The van der Waals surface area contributed by atoms with Gasteiger partial charge in [-0.05, 0) is 64.5 Å². The van der Waals surface area contributed by atoms with Gasteiger partial charge in [0.15, 0.2) is 0 Å². The molecule has 0 bridgehead atoms. The number of likely N-dealkylation sites (tertiary alicyclic amines) is 1. The Labute approximate surface area is 168 Å². The number of nitrogens with zero attached hydrogens (tertiary/aromatic N) is 2. The van der Waals surface area contributed by atoms with Crippen molar-refractivity contribution in [2.24, 2.45) is 11.3 Å². The Kier molecular flexibility index (Phi) is 4.83. The van der Waals surface area contributed by atoms with Gasteiger partial charge in [0.25, 0.3) is 0 Å². The molecule has 1 aromatic rings. The van der Waals surface area contributed by atoms with E-state index < -0.39 is 17.3 Å². The molecule has 1 amide bonds. The number of aromatic nitrogens is 1. The predicted molar refractivity (Wildman–Crippen MR) is 99.2 cm³/mol. The lowest BCUT2D eigenvalue weighted by molar-refractivity contribution is -0.164. The number of ether oxygens (including phenoxy) is 1. The molecule has 5 nitrogen and oxygen atoms in total. The van der Waals surface area contributed by atoms with Crippen LogP contribution in [-0.2, 0) is 11.0 Å². The van der Waals surface area contributed by atoms with E-state index in [1.165, 1.54) is 6.07 Å². The summed E-state index contributed by atoms with van der Waals surface area (Å²) in [6, 6.07) is 2.36. The molecule has 8 heteroatoms. The molecule has 0 aromatic carbocycles. The van der Waals surface area contributed by atoms with Crippen LogP contribution in [0.5, 0.6) is 5.88 Å². The number of amides is 1. The van der Waals surface area contributed by atoms with Crippen LogP contribution in [0, 0.1) is 18.3 Å². The molecule has 160 valence electrons. The lowest BCUT2D eigenvalue weighted by atomic mass is 9.66. The van der Waals surface area contributed by atoms with Crippen LogP contribution in [0.3, 0.4) is 0 Å². The highest BCUT2D eigenvalue weighted by Gasteiger charge is 2.51. The molecule has 0 unspecified atom stereocenters. The first-order valence-electron chi connectivity index (χ1n) is 10.2. The molecule has 0 radical (unpaired) electrons. The Hall–Kier alpha value is -1.83. The number of aryl methyl sites for hydroxylation is 1. The Balaban J connectivity index is 1.30. The highest BCUT2D eigenvalue weighted by molar-refractivity contribution is 5.81. The first-order valence-corrected chi connectivity index (χ1v) is 10.2. The van der Waals surface area contributed by atoms with Crippen molar-refractivity contribution in [3.8, 4) is 5.88 Å². The Morgan fingerprint density at radius 3 is 2.41 bits per heavy atom. The average molecular weight is 412 g/mol. The quantitative estimate of drug-likeness (QED) is 0.822. The first kappa shape index (κ1) is 20.4. The minimum atomic E-state index is -4.49. The maximum atomic E-state index is 13.2. The van der Waals surface area contributed by atoms with Crippen LogP contribution in [0.1, 0.15) is 56.7 Å². The topological polar surface area (TPSA) is 62.7 Å². The largest absolute Gasteiger partial charge is 0.474 e. The summed E-state index contributed by atoms with van der Waals surface area (Å²) in [4.78, 5) is 18.3. The zero-order valence-corrected chi connectivity index (χ0v) is 16.8. The van der Waals surface area contributed by atoms with Crippen molar-refractivity contribution >= 4 is 5.91 Å². The first-order chi connectivity index (χ1) is 13.5. The van der Waals surface area contributed by atoms with Crippen LogP contribution in [0.25, 0.3) is 0 Å². The highest BCUT2D eigenvalue weighted by Crippen LogP contribution is 2.47. The van der Waals surface area contributed by atoms with Crippen molar-refractivity contribution < 1.29 is 27.8 Å². The van der Waals surface area contributed by atoms with E-state index in [1.807, 2.05) is 4.90 Å². The van der Waals surface area contributed by atoms with Gasteiger partial charge in [-0.2, -0.15) is 13.2 Å². The van der Waals surface area contributed by atoms with Crippen molar-refractivity contribution in [1.82, 2.24) is 9.88 Å². The number of alkyl halides is 3. The number of hydrogen-bond donors (Lipinski definition) is 1. The number of halogens is 3. The molecule has 1 spiro atoms. The zero-order valence-electron chi connectivity index (χ0n) is 16.8. The van der Waals surface area contributed by atoms with E-state index in [0.717, 1.165) is 18.9 Å². The second-order valence-corrected chi connectivity index (χ2v) is 9.42. The van der Waals surface area contributed by atoms with E-state index in [4.69, 9.17) is 4.74 Å². The van der Waals surface area contributed by atoms with E-state index in [9.17, 15) is 23.1 Å². The summed E-state index contributed by atoms with van der Waals surface area (Å²) in [5.74, 6) is -0.282. The van der Waals surface area contributed by atoms with Gasteiger partial charge in [0, 0.05) is 30.1 Å². The molecule has 2 saturated carbocycles. The number of hydrogen-bond acceptors (Lipinski definition) is 4. The summed E-state index contributed by atoms with van der Waals surface area (Å²) in [6.45, 7) is 4.80. The smallest absolute Gasteiger partial charge is 0.421 e. The molecule has 0 atom stereocenters. The van der Waals surface area contributed by atoms with Crippen molar-refractivity contribution in [2.75, 3.05) is 13.1 Å². The molecule has 1 aromatic heterocycles. The van der Waals surface area contributed by atoms with Crippen LogP contribution in [0.4, 0.5) is 13.2 Å². The molecule has 29 heavy (non-hydrogen) atoms. The van der Waals surface area contributed by atoms with E-state index in [2.05, 4.69) is 4.98 Å². The van der Waals surface area contributed by atoms with Gasteiger partial charge in [-0.3, -0.25) is 4.79 Å². The number of aliphatic hydroxyl groups is 1. The van der Waals surface area contributed by atoms with Crippen LogP contribution >= 0.6 is 0 Å². The van der Waals surface area contributed by atoms with Gasteiger partial charge in [-0.1, -0.05) is 0 Å². The molecule has 4 rings (SSSR count). The molecule has 1 aliphatic heterocycles. The monoisotopic (exact) mass is 412 g/mol. The highest BCUT2D eigenvalue weighted by atomic mass is 19.4. The summed E-state index contributed by atoms with van der Waals surface area (Å²) < 4.78 is 45.3. The lowest BCUT2D eigenvalue weighted by Gasteiger charge is -2.55. The minimum Gasteiger partial charge on any atom is -0.474 e. The number of carbonyl (C=O) groups excluding carboxylic acids is 1. The van der Waals surface area contributed by atoms with Crippen molar-refractivity contribution in [2.45, 2.75) is 70.3 Å². The van der Waals surface area contributed by atoms with E-state index in [-0.39, 0.29) is 29.2 Å². The fourth-order valence-corrected chi connectivity index (χ4v) is 4.99. The maximum absolute atomic E-state index is 13.2. The normalized spacial score (nSPS) is 29.3. The number of carbonyl (C=O) groups is 1. The van der Waals surface area contributed by atoms with Crippen molar-refractivity contribution in [3.63, 3.8) is 0 Å². The van der Waals surface area contributed by atoms with Gasteiger partial charge in [0.2, 0.25) is 11.8 Å². The second-order valence-electron chi connectivity index (χ2n) is 9.42. The minimum absolute atomic E-state index is 0.0642. The Bertz CT molecular complexity index is 785. The van der Waals surface area contributed by atoms with Gasteiger partial charge in [0.05, 0.1) is 5.60 Å². The van der Waals surface area contributed by atoms with Gasteiger partial charge in [0.1, 0.15) is 11.7 Å². The average Bonchev–Trinajstić information content (AvgIpc) is 2.57. The summed E-state index contributed by atoms with van der Waals surface area (Å²) in [7, 11) is 0. The lowest BCUT2D eigenvalue weighted by Crippen LogP contribution is -2.63. The summed E-state index contributed by atoms with van der Waals surface area (Å²) in [5.41, 5.74) is -0.991. The second kappa shape index (κ2) is 6.86. The standard InChI is InChI=1S/C21H27F3N2O3/c1-13-3-4-16(21(22,23)24)17(25-13)29-15-5-7-20(8-6-15)11-26(12-20)18(27)14-9-19(2,28)10-14/h3-4,14-15,28H,5-12H2,1-2H3. The number of rotatable bonds is 3. The van der Waals surface area contributed by atoms with E-state index in [0.29, 0.717) is 44.5 Å². The van der Waals surface area contributed by atoms with Crippen LogP contribution in [-0.4, -0.2) is 45.7 Å². The number of pyridine rings is 1. The van der Waals surface area contributed by atoms with Gasteiger partial charge < -0.3 is 14.7 Å². The fraction of sp³-hybridized carbons (Fsp3) is 0.714. The van der Waals surface area contributed by atoms with Crippen LogP contribution in [0.15, 0.2) is 12.1 Å². The van der Waals surface area contributed by atoms with Crippen molar-refractivity contribution in [1.29, 1.82) is 0 Å². The zero-order chi connectivity index (χ0) is 21.0. The third-order valence-corrected chi connectivity index (χ3v) is 6.66. The van der Waals surface area contributed by atoms with Gasteiger partial charge in [-0.25, -0.2) is 4.98 Å². The Morgan fingerprint density at radius 2 is 1.86 bits per heavy atom. The predicted octanol–water partition coefficient (Wildman–Crippen LogP) is 3.72. The third-order valence-electron chi connectivity index (χ3n) is 6.66. The summed E-state index contributed by atoms with van der Waals surface area (Å²) in [5, 5.41) is 9.82. The molecule has 2 heterocycles. The van der Waals surface area contributed by atoms with Crippen LogP contribution < -0.4 is 4.74 Å². The molecule has 1 saturated heterocycles. The molecule has 3 fully saturated rings. The van der Waals surface area contributed by atoms with Crippen LogP contribution in [0.2, 0.25) is 0 Å². The molecule has 2 aliphatic carbocycles. The van der Waals surface area contributed by atoms with E-state index >= 15 is 0 Å². The van der Waals surface area contributed by atoms with Gasteiger partial charge in [-0.15, -0.1) is 0 Å². The summed E-state index contributed by atoms with van der Waals surface area (Å²) >= 11 is 0. The molecular weight excluding hydrogens is 385 g/mol. The third kappa shape index (κ3) is 4.09. The fourth-order valence-electron chi connectivity index (χ4n) is 4.99. The molecular formula is C21H27F3N2O3. The SMILES string of the molecule is Cc1ccc(C(F)(F)F)c(OC2CCC3(CC2)CN(C(=O)C2CC(C)(O)C2)C3)n1. The maximum Gasteiger partial charge on any atom is 0.421 e. The van der Waals surface area contributed by atoms with Gasteiger partial charge >= 0.3 is 6.18 Å². The summed E-state index contributed by atoms with van der Waals surface area (Å²) in [6.07, 6.45) is -0.754. The molecule has 1 N–H and O–H groups in total.